The lowest BCUT2D eigenvalue weighted by Gasteiger charge is -2.32. The van der Waals surface area contributed by atoms with Gasteiger partial charge in [-0.2, -0.15) is 0 Å². The third kappa shape index (κ3) is 6.17. The molecule has 0 amide bonds. The van der Waals surface area contributed by atoms with Crippen LogP contribution in [0.2, 0.25) is 5.02 Å². The first-order valence-corrected chi connectivity index (χ1v) is 14.2. The molecule has 0 aliphatic carbocycles. The van der Waals surface area contributed by atoms with Crippen molar-refractivity contribution in [3.63, 3.8) is 0 Å². The number of hydrogen-bond acceptors (Lipinski definition) is 4. The molecule has 1 atom stereocenters. The predicted molar refractivity (Wildman–Crippen MR) is 130 cm³/mol. The van der Waals surface area contributed by atoms with E-state index in [9.17, 15) is 30.0 Å². The summed E-state index contributed by atoms with van der Waals surface area (Å²) in [6.07, 6.45) is -0.0892. The molecule has 0 fully saturated rings. The van der Waals surface area contributed by atoms with Crippen LogP contribution in [0.3, 0.4) is 0 Å². The van der Waals surface area contributed by atoms with Gasteiger partial charge in [-0.25, -0.2) is 30.0 Å². The van der Waals surface area contributed by atoms with Gasteiger partial charge in [-0.3, -0.25) is 4.31 Å². The second-order valence-electron chi connectivity index (χ2n) is 7.86. The smallest absolute Gasteiger partial charge is 0.256 e. The molecule has 0 saturated heterocycles. The van der Waals surface area contributed by atoms with Crippen molar-refractivity contribution in [1.82, 2.24) is 0 Å². The molecule has 3 aromatic carbocycles. The molecule has 1 unspecified atom stereocenters. The molecule has 0 saturated carbocycles. The number of aryl methyl sites for hydroxylation is 1. The van der Waals surface area contributed by atoms with E-state index in [1.165, 1.54) is 44.2 Å². The first-order valence-electron chi connectivity index (χ1n) is 10.6. The van der Waals surface area contributed by atoms with Gasteiger partial charge in [0.15, 0.2) is 0 Å². The molecule has 0 aromatic heterocycles. The highest BCUT2D eigenvalue weighted by molar-refractivity contribution is 7.92. The quantitative estimate of drug-likeness (QED) is 0.346. The maximum atomic E-state index is 14.9. The fraction of sp³-hybridized carbons (Fsp3) is 0.250. The first-order chi connectivity index (χ1) is 16.4. The van der Waals surface area contributed by atoms with Crippen LogP contribution in [0.15, 0.2) is 65.6 Å². The van der Waals surface area contributed by atoms with Gasteiger partial charge in [-0.1, -0.05) is 24.6 Å². The summed E-state index contributed by atoms with van der Waals surface area (Å²) in [5.41, 5.74) is -0.0644. The molecule has 0 aliphatic rings. The van der Waals surface area contributed by atoms with Crippen molar-refractivity contribution >= 4 is 37.1 Å². The van der Waals surface area contributed by atoms with Crippen molar-refractivity contribution in [3.05, 3.63) is 94.3 Å². The Morgan fingerprint density at radius 2 is 1.49 bits per heavy atom. The topological polar surface area (TPSA) is 71.5 Å². The Bertz CT molecular complexity index is 1430. The third-order valence-corrected chi connectivity index (χ3v) is 9.40. The maximum absolute atomic E-state index is 14.9. The van der Waals surface area contributed by atoms with Crippen LogP contribution in [-0.2, 0) is 26.3 Å². The molecule has 0 bridgehead atoms. The van der Waals surface area contributed by atoms with Gasteiger partial charge in [0, 0.05) is 16.8 Å². The summed E-state index contributed by atoms with van der Waals surface area (Å²) in [4.78, 5) is -0.227. The van der Waals surface area contributed by atoms with E-state index in [2.05, 4.69) is 0 Å². The highest BCUT2D eigenvalue weighted by atomic mass is 35.5. The van der Waals surface area contributed by atoms with Gasteiger partial charge >= 0.3 is 0 Å². The molecule has 0 spiro atoms. The van der Waals surface area contributed by atoms with Gasteiger partial charge < -0.3 is 0 Å². The molecule has 188 valence electrons. The van der Waals surface area contributed by atoms with Crippen LogP contribution in [0, 0.1) is 17.5 Å². The molecule has 5 nitrogen and oxygen atoms in total. The Labute approximate surface area is 208 Å². The Kier molecular flexibility index (Phi) is 8.18. The number of rotatable bonds is 9. The van der Waals surface area contributed by atoms with Crippen LogP contribution in [0.4, 0.5) is 18.9 Å². The first kappa shape index (κ1) is 27.0. The highest BCUT2D eigenvalue weighted by Gasteiger charge is 2.34. The Hall–Kier alpha value is -2.56. The average Bonchev–Trinajstić information content (AvgIpc) is 2.80. The van der Waals surface area contributed by atoms with Crippen LogP contribution < -0.4 is 4.31 Å². The minimum Gasteiger partial charge on any atom is -0.256 e. The molecule has 11 heteroatoms. The lowest BCUT2D eigenvalue weighted by Crippen LogP contribution is -2.35. The number of anilines is 1. The zero-order chi connectivity index (χ0) is 26.0. The van der Waals surface area contributed by atoms with E-state index in [-0.39, 0.29) is 39.0 Å². The summed E-state index contributed by atoms with van der Waals surface area (Å²) in [5.74, 6) is -2.90. The molecule has 0 N–H and O–H groups in total. The summed E-state index contributed by atoms with van der Waals surface area (Å²) >= 11 is 5.88. The second-order valence-corrected chi connectivity index (χ2v) is 12.6. The zero-order valence-corrected chi connectivity index (χ0v) is 21.3. The van der Waals surface area contributed by atoms with E-state index >= 15 is 0 Å². The van der Waals surface area contributed by atoms with Crippen LogP contribution >= 0.6 is 11.6 Å². The predicted octanol–water partition coefficient (Wildman–Crippen LogP) is 5.69. The number of hydrogen-bond donors (Lipinski definition) is 0. The number of benzene rings is 3. The summed E-state index contributed by atoms with van der Waals surface area (Å²) in [5, 5.41) is 0.276. The van der Waals surface area contributed by atoms with Crippen LogP contribution in [0.1, 0.15) is 31.0 Å². The summed E-state index contributed by atoms with van der Waals surface area (Å²) in [6, 6.07) is 9.94. The van der Waals surface area contributed by atoms with Gasteiger partial charge in [0.05, 0.1) is 22.4 Å². The van der Waals surface area contributed by atoms with Crippen molar-refractivity contribution in [2.24, 2.45) is 0 Å². The minimum absolute atomic E-state index is 0.0892. The third-order valence-electron chi connectivity index (χ3n) is 5.55. The van der Waals surface area contributed by atoms with Crippen LogP contribution in [0.5, 0.6) is 0 Å². The van der Waals surface area contributed by atoms with Gasteiger partial charge in [0.25, 0.3) is 10.0 Å². The normalized spacial score (nSPS) is 13.0. The van der Waals surface area contributed by atoms with Crippen molar-refractivity contribution in [2.45, 2.75) is 31.2 Å². The number of sulfone groups is 1. The van der Waals surface area contributed by atoms with Crippen molar-refractivity contribution < 1.29 is 30.0 Å². The fourth-order valence-corrected chi connectivity index (χ4v) is 6.24. The van der Waals surface area contributed by atoms with Crippen molar-refractivity contribution in [1.29, 1.82) is 0 Å². The molecule has 3 aromatic rings. The van der Waals surface area contributed by atoms with Crippen molar-refractivity contribution in [2.75, 3.05) is 15.8 Å². The SMILES string of the molecule is CCS(=O)(=O)CCc1cc(F)ccc1C(C)N(c1cc(F)ccc1F)S(=O)(=O)c1ccc(Cl)cc1. The molecule has 3 rings (SSSR count). The largest absolute Gasteiger partial charge is 0.264 e. The molecule has 0 heterocycles. The monoisotopic (exact) mass is 545 g/mol. The molecular weight excluding hydrogens is 523 g/mol. The molecule has 35 heavy (non-hydrogen) atoms. The van der Waals surface area contributed by atoms with Crippen LogP contribution in [0.25, 0.3) is 0 Å². The number of nitrogens with zero attached hydrogens (tertiary/aromatic N) is 1. The van der Waals surface area contributed by atoms with Crippen molar-refractivity contribution in [3.8, 4) is 0 Å². The summed E-state index contributed by atoms with van der Waals surface area (Å²) in [6.45, 7) is 2.92. The van der Waals surface area contributed by atoms with Gasteiger partial charge in [-0.05, 0) is 73.0 Å². The number of sulfonamides is 1. The van der Waals surface area contributed by atoms with E-state index in [4.69, 9.17) is 11.6 Å². The lowest BCUT2D eigenvalue weighted by molar-refractivity contribution is 0.569. The van der Waals surface area contributed by atoms with Gasteiger partial charge in [0.2, 0.25) is 0 Å². The standard InChI is InChI=1S/C24H23ClF3NO4S2/c1-3-34(30,31)13-12-17-14-19(26)6-10-22(17)16(2)29(24-15-20(27)7-11-23(24)28)35(32,33)21-8-4-18(25)5-9-21/h4-11,14-16H,3,12-13H2,1-2H3. The molecule has 0 aliphatic heterocycles. The van der Waals surface area contributed by atoms with E-state index in [1.54, 1.807) is 0 Å². The molecule has 0 radical (unpaired) electrons. The zero-order valence-electron chi connectivity index (χ0n) is 18.9. The van der Waals surface area contributed by atoms with E-state index in [0.717, 1.165) is 30.3 Å². The average molecular weight is 546 g/mol. The fourth-order valence-electron chi connectivity index (χ4n) is 3.66. The van der Waals surface area contributed by atoms with E-state index in [1.807, 2.05) is 0 Å². The Balaban J connectivity index is 2.20. The number of halogens is 4. The summed E-state index contributed by atoms with van der Waals surface area (Å²) in [7, 11) is -7.89. The van der Waals surface area contributed by atoms with Crippen LogP contribution in [-0.4, -0.2) is 28.3 Å². The Morgan fingerprint density at radius 1 is 0.886 bits per heavy atom. The Morgan fingerprint density at radius 3 is 2.11 bits per heavy atom. The highest BCUT2D eigenvalue weighted by Crippen LogP contribution is 2.37. The van der Waals surface area contributed by atoms with Gasteiger partial charge in [-0.15, -0.1) is 0 Å². The van der Waals surface area contributed by atoms with E-state index in [0.29, 0.717) is 4.31 Å². The van der Waals surface area contributed by atoms with Gasteiger partial charge in [0.1, 0.15) is 27.3 Å². The molecular formula is C24H23ClF3NO4S2. The minimum atomic E-state index is -4.48. The maximum Gasteiger partial charge on any atom is 0.264 e. The lowest BCUT2D eigenvalue weighted by atomic mass is 9.99. The second kappa shape index (κ2) is 10.6. The van der Waals surface area contributed by atoms with E-state index < -0.39 is 49.0 Å². The summed E-state index contributed by atoms with van der Waals surface area (Å²) < 4.78 is 95.3.